The van der Waals surface area contributed by atoms with Crippen molar-refractivity contribution in [2.24, 2.45) is 12.8 Å². The summed E-state index contributed by atoms with van der Waals surface area (Å²) in [5.74, 6) is -0.0356. The first kappa shape index (κ1) is 13.4. The van der Waals surface area contributed by atoms with E-state index in [1.54, 1.807) is 20.9 Å². The average molecular weight is 239 g/mol. The minimum atomic E-state index is -0.815. The van der Waals surface area contributed by atoms with Crippen LogP contribution >= 0.6 is 0 Å². The van der Waals surface area contributed by atoms with Gasteiger partial charge in [-0.2, -0.15) is 0 Å². The maximum Gasteiger partial charge on any atom is 0.296 e. The second-order valence-corrected chi connectivity index (χ2v) is 4.46. The monoisotopic (exact) mass is 239 g/mol. The smallest absolute Gasteiger partial charge is 0.296 e. The molecule has 17 heavy (non-hydrogen) atoms. The Bertz CT molecular complexity index is 512. The van der Waals surface area contributed by atoms with E-state index >= 15 is 0 Å². The van der Waals surface area contributed by atoms with Crippen molar-refractivity contribution in [2.75, 3.05) is 7.11 Å². The Labute approximate surface area is 99.4 Å². The highest BCUT2D eigenvalue weighted by Crippen LogP contribution is 2.17. The number of aromatic nitrogens is 2. The van der Waals surface area contributed by atoms with Crippen molar-refractivity contribution in [3.8, 4) is 5.75 Å². The molecule has 0 aliphatic carbocycles. The second kappa shape index (κ2) is 4.29. The van der Waals surface area contributed by atoms with Crippen molar-refractivity contribution in [2.45, 2.75) is 26.3 Å². The van der Waals surface area contributed by atoms with E-state index in [9.17, 15) is 9.59 Å². The highest BCUT2D eigenvalue weighted by atomic mass is 16.5. The number of carbonyl (C=O) groups is 1. The molecule has 0 bridgehead atoms. The molecule has 0 fully saturated rings. The van der Waals surface area contributed by atoms with Crippen LogP contribution < -0.4 is 16.0 Å². The van der Waals surface area contributed by atoms with E-state index in [0.717, 1.165) is 0 Å². The van der Waals surface area contributed by atoms with Gasteiger partial charge in [-0.25, -0.2) is 4.98 Å². The molecule has 2 N–H and O–H groups in total. The molecule has 0 aliphatic heterocycles. The lowest BCUT2D eigenvalue weighted by Crippen LogP contribution is -2.38. The van der Waals surface area contributed by atoms with Gasteiger partial charge in [0.25, 0.3) is 5.56 Å². The first-order valence-electron chi connectivity index (χ1n) is 5.15. The second-order valence-electron chi connectivity index (χ2n) is 4.46. The van der Waals surface area contributed by atoms with Gasteiger partial charge in [0.15, 0.2) is 11.5 Å². The zero-order valence-corrected chi connectivity index (χ0v) is 10.7. The molecule has 0 radical (unpaired) electrons. The molecule has 0 saturated carbocycles. The van der Waals surface area contributed by atoms with Crippen molar-refractivity contribution >= 4 is 5.78 Å². The molecule has 0 aliphatic rings. The van der Waals surface area contributed by atoms with E-state index in [4.69, 9.17) is 10.5 Å². The van der Waals surface area contributed by atoms with Crippen LogP contribution in [0.5, 0.6) is 5.75 Å². The third kappa shape index (κ3) is 2.36. The number of hydrogen-bond acceptors (Lipinski definition) is 5. The van der Waals surface area contributed by atoms with Gasteiger partial charge in [-0.15, -0.1) is 0 Å². The van der Waals surface area contributed by atoms with Crippen LogP contribution in [-0.2, 0) is 12.6 Å². The van der Waals surface area contributed by atoms with Gasteiger partial charge in [-0.05, 0) is 13.8 Å². The fraction of sp³-hybridized carbons (Fsp3) is 0.545. The molecular formula is C11H17N3O3. The largest absolute Gasteiger partial charge is 0.489 e. The Morgan fingerprint density at radius 1 is 1.47 bits per heavy atom. The van der Waals surface area contributed by atoms with Crippen LogP contribution in [-0.4, -0.2) is 22.4 Å². The SMILES string of the molecule is COc1c(C(C)=O)nc(C(C)(C)N)n(C)c1=O. The van der Waals surface area contributed by atoms with Crippen molar-refractivity contribution in [1.29, 1.82) is 0 Å². The molecule has 1 heterocycles. The lowest BCUT2D eigenvalue weighted by molar-refractivity contribution is 0.100. The van der Waals surface area contributed by atoms with E-state index in [0.29, 0.717) is 5.82 Å². The van der Waals surface area contributed by atoms with Crippen LogP contribution in [0.3, 0.4) is 0 Å². The lowest BCUT2D eigenvalue weighted by atomic mass is 10.1. The number of hydrogen-bond donors (Lipinski definition) is 1. The number of nitrogens with zero attached hydrogens (tertiary/aromatic N) is 2. The molecule has 0 spiro atoms. The third-order valence-electron chi connectivity index (χ3n) is 2.36. The summed E-state index contributed by atoms with van der Waals surface area (Å²) in [6, 6.07) is 0. The van der Waals surface area contributed by atoms with E-state index in [-0.39, 0.29) is 17.2 Å². The van der Waals surface area contributed by atoms with Gasteiger partial charge in [-0.3, -0.25) is 14.2 Å². The van der Waals surface area contributed by atoms with Crippen LogP contribution in [0, 0.1) is 0 Å². The van der Waals surface area contributed by atoms with E-state index in [1.165, 1.54) is 18.6 Å². The van der Waals surface area contributed by atoms with Crippen LogP contribution in [0.15, 0.2) is 4.79 Å². The third-order valence-corrected chi connectivity index (χ3v) is 2.36. The topological polar surface area (TPSA) is 87.2 Å². The Morgan fingerprint density at radius 2 is 2.00 bits per heavy atom. The average Bonchev–Trinajstić information content (AvgIpc) is 2.19. The van der Waals surface area contributed by atoms with Crippen LogP contribution in [0.1, 0.15) is 37.1 Å². The molecule has 0 amide bonds. The molecule has 0 unspecified atom stereocenters. The number of nitrogens with two attached hydrogens (primary N) is 1. The van der Waals surface area contributed by atoms with Gasteiger partial charge in [0, 0.05) is 14.0 Å². The summed E-state index contributed by atoms with van der Waals surface area (Å²) < 4.78 is 6.23. The highest BCUT2D eigenvalue weighted by molar-refractivity contribution is 5.94. The molecular weight excluding hydrogens is 222 g/mol. The van der Waals surface area contributed by atoms with Gasteiger partial charge in [-0.1, -0.05) is 0 Å². The summed E-state index contributed by atoms with van der Waals surface area (Å²) in [5.41, 5.74) is 4.70. The summed E-state index contributed by atoms with van der Waals surface area (Å²) in [6.07, 6.45) is 0. The molecule has 1 rings (SSSR count). The van der Waals surface area contributed by atoms with E-state index in [2.05, 4.69) is 4.98 Å². The number of Topliss-reactive ketones (excluding diaryl/α,β-unsaturated/α-hetero) is 1. The van der Waals surface area contributed by atoms with Crippen molar-refractivity contribution in [1.82, 2.24) is 9.55 Å². The number of rotatable bonds is 3. The Kier molecular flexibility index (Phi) is 3.38. The summed E-state index contributed by atoms with van der Waals surface area (Å²) >= 11 is 0. The lowest BCUT2D eigenvalue weighted by Gasteiger charge is -2.22. The maximum absolute atomic E-state index is 12.0. The number of ketones is 1. The molecule has 6 heteroatoms. The van der Waals surface area contributed by atoms with Crippen LogP contribution in [0.25, 0.3) is 0 Å². The summed E-state index contributed by atoms with van der Waals surface area (Å²) in [6.45, 7) is 4.76. The fourth-order valence-electron chi connectivity index (χ4n) is 1.58. The summed E-state index contributed by atoms with van der Waals surface area (Å²) in [7, 11) is 2.88. The quantitative estimate of drug-likeness (QED) is 0.760. The van der Waals surface area contributed by atoms with Crippen LogP contribution in [0.4, 0.5) is 0 Å². The number of carbonyl (C=O) groups excluding carboxylic acids is 1. The van der Waals surface area contributed by atoms with Crippen molar-refractivity contribution in [3.05, 3.63) is 21.9 Å². The van der Waals surface area contributed by atoms with Gasteiger partial charge < -0.3 is 10.5 Å². The predicted octanol–water partition coefficient (Wildman–Crippen LogP) is 0.185. The van der Waals surface area contributed by atoms with E-state index < -0.39 is 11.1 Å². The standard InChI is InChI=1S/C11H17N3O3/c1-6(15)7-8(17-5)9(16)14(4)10(13-7)11(2,3)12/h12H2,1-5H3. The molecule has 94 valence electrons. The number of ether oxygens (including phenoxy) is 1. The van der Waals surface area contributed by atoms with Crippen LogP contribution in [0.2, 0.25) is 0 Å². The first-order valence-corrected chi connectivity index (χ1v) is 5.15. The minimum absolute atomic E-state index is 0.0177. The number of methoxy groups -OCH3 is 1. The highest BCUT2D eigenvalue weighted by Gasteiger charge is 2.25. The fourth-order valence-corrected chi connectivity index (χ4v) is 1.58. The van der Waals surface area contributed by atoms with Gasteiger partial charge in [0.1, 0.15) is 5.82 Å². The maximum atomic E-state index is 12.0. The van der Waals surface area contributed by atoms with Crippen molar-refractivity contribution < 1.29 is 9.53 Å². The molecule has 0 saturated heterocycles. The first-order chi connectivity index (χ1) is 7.70. The molecule has 6 nitrogen and oxygen atoms in total. The van der Waals surface area contributed by atoms with E-state index in [1.807, 2.05) is 0 Å². The Balaban J connectivity index is 3.70. The Hall–Kier alpha value is -1.69. The zero-order chi connectivity index (χ0) is 13.4. The summed E-state index contributed by atoms with van der Waals surface area (Å²) in [5, 5.41) is 0. The van der Waals surface area contributed by atoms with Gasteiger partial charge >= 0.3 is 0 Å². The normalized spacial score (nSPS) is 11.4. The molecule has 1 aromatic rings. The predicted molar refractivity (Wildman–Crippen MR) is 63.2 cm³/mol. The van der Waals surface area contributed by atoms with Gasteiger partial charge in [0.2, 0.25) is 5.75 Å². The van der Waals surface area contributed by atoms with Gasteiger partial charge in [0.05, 0.1) is 12.6 Å². The van der Waals surface area contributed by atoms with Crippen molar-refractivity contribution in [3.63, 3.8) is 0 Å². The molecule has 0 aromatic carbocycles. The molecule has 1 aromatic heterocycles. The zero-order valence-electron chi connectivity index (χ0n) is 10.7. The minimum Gasteiger partial charge on any atom is -0.489 e. The Morgan fingerprint density at radius 3 is 2.35 bits per heavy atom. The molecule has 0 atom stereocenters. The summed E-state index contributed by atoms with van der Waals surface area (Å²) in [4.78, 5) is 27.6.